The number of carbonyl (C=O) groups excluding carboxylic acids is 1. The summed E-state index contributed by atoms with van der Waals surface area (Å²) in [6, 6.07) is 13.7. The van der Waals surface area contributed by atoms with E-state index in [-0.39, 0.29) is 11.8 Å². The third-order valence-corrected chi connectivity index (χ3v) is 4.46. The molecule has 0 aliphatic carbocycles. The zero-order valence-corrected chi connectivity index (χ0v) is 14.5. The SMILES string of the molecule is CC1(CCNC(=O)C(Cc2cccnc2)c2ccccc2)OCCO1. The second-order valence-corrected chi connectivity index (χ2v) is 6.40. The van der Waals surface area contributed by atoms with Crippen molar-refractivity contribution in [3.8, 4) is 0 Å². The van der Waals surface area contributed by atoms with E-state index in [1.807, 2.05) is 55.6 Å². The highest BCUT2D eigenvalue weighted by atomic mass is 16.7. The Labute approximate surface area is 148 Å². The molecule has 25 heavy (non-hydrogen) atoms. The molecule has 1 aliphatic heterocycles. The summed E-state index contributed by atoms with van der Waals surface area (Å²) < 4.78 is 11.2. The molecule has 1 aromatic heterocycles. The van der Waals surface area contributed by atoms with Gasteiger partial charge in [-0.15, -0.1) is 0 Å². The van der Waals surface area contributed by atoms with Crippen LogP contribution in [0.15, 0.2) is 54.9 Å². The zero-order chi connectivity index (χ0) is 17.5. The van der Waals surface area contributed by atoms with E-state index < -0.39 is 5.79 Å². The zero-order valence-electron chi connectivity index (χ0n) is 14.5. The van der Waals surface area contributed by atoms with Gasteiger partial charge in [0.1, 0.15) is 0 Å². The molecule has 0 spiro atoms. The van der Waals surface area contributed by atoms with Gasteiger partial charge in [-0.1, -0.05) is 36.4 Å². The van der Waals surface area contributed by atoms with Gasteiger partial charge < -0.3 is 14.8 Å². The van der Waals surface area contributed by atoms with Crippen LogP contribution < -0.4 is 5.32 Å². The molecule has 0 bridgehead atoms. The van der Waals surface area contributed by atoms with E-state index in [1.165, 1.54) is 0 Å². The molecule has 1 saturated heterocycles. The molecule has 1 fully saturated rings. The van der Waals surface area contributed by atoms with Crippen LogP contribution in [-0.4, -0.2) is 36.4 Å². The molecule has 132 valence electrons. The number of ether oxygens (including phenoxy) is 2. The Kier molecular flexibility index (Phi) is 5.79. The van der Waals surface area contributed by atoms with E-state index in [2.05, 4.69) is 10.3 Å². The van der Waals surface area contributed by atoms with Gasteiger partial charge in [-0.25, -0.2) is 0 Å². The number of hydrogen-bond donors (Lipinski definition) is 1. The van der Waals surface area contributed by atoms with Crippen molar-refractivity contribution < 1.29 is 14.3 Å². The first-order chi connectivity index (χ1) is 12.2. The van der Waals surface area contributed by atoms with Crippen LogP contribution in [-0.2, 0) is 20.7 Å². The van der Waals surface area contributed by atoms with Gasteiger partial charge in [-0.05, 0) is 30.5 Å². The largest absolute Gasteiger partial charge is 0.355 e. The maximum atomic E-state index is 12.8. The van der Waals surface area contributed by atoms with Crippen LogP contribution in [0.3, 0.4) is 0 Å². The summed E-state index contributed by atoms with van der Waals surface area (Å²) >= 11 is 0. The van der Waals surface area contributed by atoms with E-state index in [9.17, 15) is 4.79 Å². The second kappa shape index (κ2) is 8.23. The maximum absolute atomic E-state index is 12.8. The summed E-state index contributed by atoms with van der Waals surface area (Å²) in [7, 11) is 0. The lowest BCUT2D eigenvalue weighted by Gasteiger charge is -2.23. The maximum Gasteiger partial charge on any atom is 0.227 e. The monoisotopic (exact) mass is 340 g/mol. The van der Waals surface area contributed by atoms with E-state index in [0.717, 1.165) is 11.1 Å². The molecule has 1 aromatic carbocycles. The lowest BCUT2D eigenvalue weighted by Crippen LogP contribution is -2.36. The predicted octanol–water partition coefficient (Wildman–Crippen LogP) is 2.68. The van der Waals surface area contributed by atoms with Crippen molar-refractivity contribution in [1.82, 2.24) is 10.3 Å². The van der Waals surface area contributed by atoms with Gasteiger partial charge >= 0.3 is 0 Å². The summed E-state index contributed by atoms with van der Waals surface area (Å²) in [5, 5.41) is 3.03. The van der Waals surface area contributed by atoms with Crippen LogP contribution in [0.25, 0.3) is 0 Å². The van der Waals surface area contributed by atoms with Crippen LogP contribution >= 0.6 is 0 Å². The minimum Gasteiger partial charge on any atom is -0.355 e. The number of benzene rings is 1. The van der Waals surface area contributed by atoms with Crippen molar-refractivity contribution in [2.24, 2.45) is 0 Å². The number of nitrogens with zero attached hydrogens (tertiary/aromatic N) is 1. The Balaban J connectivity index is 1.65. The van der Waals surface area contributed by atoms with E-state index >= 15 is 0 Å². The van der Waals surface area contributed by atoms with Crippen molar-refractivity contribution >= 4 is 5.91 Å². The Bertz CT molecular complexity index is 670. The minimum absolute atomic E-state index is 0.0108. The van der Waals surface area contributed by atoms with Gasteiger partial charge in [0.25, 0.3) is 0 Å². The Morgan fingerprint density at radius 1 is 1.20 bits per heavy atom. The van der Waals surface area contributed by atoms with Crippen molar-refractivity contribution in [1.29, 1.82) is 0 Å². The Morgan fingerprint density at radius 3 is 2.64 bits per heavy atom. The fourth-order valence-corrected chi connectivity index (χ4v) is 3.04. The minimum atomic E-state index is -0.584. The third-order valence-electron chi connectivity index (χ3n) is 4.46. The molecule has 0 saturated carbocycles. The summed E-state index contributed by atoms with van der Waals surface area (Å²) in [6.45, 7) is 3.65. The van der Waals surface area contributed by atoms with Crippen LogP contribution in [0.4, 0.5) is 0 Å². The number of aromatic nitrogens is 1. The predicted molar refractivity (Wildman–Crippen MR) is 95.1 cm³/mol. The highest BCUT2D eigenvalue weighted by Gasteiger charge is 2.31. The van der Waals surface area contributed by atoms with Crippen LogP contribution in [0.2, 0.25) is 0 Å². The fourth-order valence-electron chi connectivity index (χ4n) is 3.04. The van der Waals surface area contributed by atoms with Gasteiger partial charge in [-0.2, -0.15) is 0 Å². The van der Waals surface area contributed by atoms with Crippen molar-refractivity contribution in [2.45, 2.75) is 31.5 Å². The molecule has 5 nitrogen and oxygen atoms in total. The van der Waals surface area contributed by atoms with Crippen molar-refractivity contribution in [2.75, 3.05) is 19.8 Å². The molecule has 0 radical (unpaired) electrons. The molecule has 3 rings (SSSR count). The lowest BCUT2D eigenvalue weighted by atomic mass is 9.91. The highest BCUT2D eigenvalue weighted by molar-refractivity contribution is 5.84. The van der Waals surface area contributed by atoms with Crippen molar-refractivity contribution in [3.05, 3.63) is 66.0 Å². The average Bonchev–Trinajstić information content (AvgIpc) is 3.08. The first kappa shape index (κ1) is 17.6. The molecule has 1 amide bonds. The third kappa shape index (κ3) is 4.87. The smallest absolute Gasteiger partial charge is 0.227 e. The summed E-state index contributed by atoms with van der Waals surface area (Å²) in [4.78, 5) is 17.0. The number of pyridine rings is 1. The average molecular weight is 340 g/mol. The summed E-state index contributed by atoms with van der Waals surface area (Å²) in [5.41, 5.74) is 2.05. The van der Waals surface area contributed by atoms with Gasteiger partial charge in [0.05, 0.1) is 19.1 Å². The number of carbonyl (C=O) groups is 1. The molecular weight excluding hydrogens is 316 g/mol. The highest BCUT2D eigenvalue weighted by Crippen LogP contribution is 2.23. The molecule has 1 aliphatic rings. The van der Waals surface area contributed by atoms with Crippen LogP contribution in [0.1, 0.15) is 30.4 Å². The van der Waals surface area contributed by atoms with Crippen LogP contribution in [0.5, 0.6) is 0 Å². The lowest BCUT2D eigenvalue weighted by molar-refractivity contribution is -0.146. The quantitative estimate of drug-likeness (QED) is 0.842. The number of hydrogen-bond acceptors (Lipinski definition) is 4. The van der Waals surface area contributed by atoms with Gasteiger partial charge in [0, 0.05) is 25.4 Å². The van der Waals surface area contributed by atoms with E-state index in [1.54, 1.807) is 6.20 Å². The molecule has 5 heteroatoms. The van der Waals surface area contributed by atoms with E-state index in [0.29, 0.717) is 32.6 Å². The normalized spacial score (nSPS) is 17.2. The number of amides is 1. The van der Waals surface area contributed by atoms with Crippen molar-refractivity contribution in [3.63, 3.8) is 0 Å². The summed E-state index contributed by atoms with van der Waals surface area (Å²) in [5.74, 6) is -0.820. The fraction of sp³-hybridized carbons (Fsp3) is 0.400. The summed E-state index contributed by atoms with van der Waals surface area (Å²) in [6.07, 6.45) is 4.80. The van der Waals surface area contributed by atoms with Crippen LogP contribution in [0, 0.1) is 0 Å². The standard InChI is InChI=1S/C20H24N2O3/c1-20(24-12-13-25-20)9-11-22-19(23)18(17-7-3-2-4-8-17)14-16-6-5-10-21-15-16/h2-8,10,15,18H,9,11-14H2,1H3,(H,22,23). The molecule has 1 unspecified atom stereocenters. The molecular formula is C20H24N2O3. The molecule has 1 N–H and O–H groups in total. The van der Waals surface area contributed by atoms with Gasteiger partial charge in [0.15, 0.2) is 5.79 Å². The Morgan fingerprint density at radius 2 is 1.96 bits per heavy atom. The van der Waals surface area contributed by atoms with E-state index in [4.69, 9.17) is 9.47 Å². The topological polar surface area (TPSA) is 60.5 Å². The molecule has 2 heterocycles. The Hall–Kier alpha value is -2.24. The first-order valence-electron chi connectivity index (χ1n) is 8.66. The molecule has 2 aromatic rings. The second-order valence-electron chi connectivity index (χ2n) is 6.40. The number of rotatable bonds is 7. The first-order valence-corrected chi connectivity index (χ1v) is 8.66. The van der Waals surface area contributed by atoms with Gasteiger partial charge in [-0.3, -0.25) is 9.78 Å². The number of nitrogens with one attached hydrogen (secondary N) is 1. The van der Waals surface area contributed by atoms with Gasteiger partial charge in [0.2, 0.25) is 5.91 Å². The molecule has 1 atom stereocenters.